The number of rotatable bonds is 6. The Hall–Kier alpha value is 0.450. The number of aliphatic hydroxyl groups is 2. The van der Waals surface area contributed by atoms with Crippen LogP contribution < -0.4 is 0 Å². The summed E-state index contributed by atoms with van der Waals surface area (Å²) >= 11 is 0. The maximum Gasteiger partial charge on any atom is 0.344 e. The van der Waals surface area contributed by atoms with Crippen LogP contribution in [0.1, 0.15) is 0 Å². The minimum atomic E-state index is -2.98. The van der Waals surface area contributed by atoms with Crippen LogP contribution in [-0.4, -0.2) is 51.3 Å². The van der Waals surface area contributed by atoms with Gasteiger partial charge in [0.05, 0.1) is 0 Å². The van der Waals surface area contributed by atoms with Gasteiger partial charge >= 0.3 is 7.66 Å². The van der Waals surface area contributed by atoms with Crippen molar-refractivity contribution in [2.24, 2.45) is 13.5 Å². The van der Waals surface area contributed by atoms with Gasteiger partial charge in [-0.3, -0.25) is 0 Å². The third-order valence-corrected chi connectivity index (χ3v) is 11.4. The molecule has 0 saturated carbocycles. The molecule has 1 aliphatic rings. The predicted molar refractivity (Wildman–Crippen MR) is 70.3 cm³/mol. The predicted octanol–water partition coefficient (Wildman–Crippen LogP) is 2.49. The lowest BCUT2D eigenvalue weighted by Crippen LogP contribution is -2.00. The van der Waals surface area contributed by atoms with E-state index in [-0.39, 0.29) is 0 Å². The smallest absolute Gasteiger partial charge is 0.344 e. The lowest BCUT2D eigenvalue weighted by molar-refractivity contribution is 0.315. The highest BCUT2D eigenvalue weighted by atomic mass is 31.3. The van der Waals surface area contributed by atoms with E-state index in [1.807, 2.05) is 0 Å². The highest BCUT2D eigenvalue weighted by Gasteiger charge is 2.38. The van der Waals surface area contributed by atoms with Gasteiger partial charge in [0.25, 0.3) is 0 Å². The summed E-state index contributed by atoms with van der Waals surface area (Å²) in [6.45, 7) is 0. The maximum absolute atomic E-state index is 9.47. The van der Waals surface area contributed by atoms with Gasteiger partial charge in [-0.15, -0.1) is 0 Å². The molecule has 0 amide bonds. The molecule has 0 fully saturated rings. The summed E-state index contributed by atoms with van der Waals surface area (Å²) in [5.74, 6) is 0. The van der Waals surface area contributed by atoms with Gasteiger partial charge in [0, 0.05) is 28.4 Å². The second kappa shape index (κ2) is 6.27. The van der Waals surface area contributed by atoms with Crippen molar-refractivity contribution in [3.05, 3.63) is 0 Å². The van der Waals surface area contributed by atoms with Crippen LogP contribution >= 0.6 is 22.5 Å². The Morgan fingerprint density at radius 3 is 1.50 bits per heavy atom. The molecular weight excluding hydrogens is 303 g/mol. The number of hydrogen-bond donors (Lipinski definition) is 2. The Morgan fingerprint density at radius 2 is 1.17 bits per heavy atom. The Labute approximate surface area is 106 Å². The minimum Gasteiger partial charge on any atom is -0.386 e. The maximum atomic E-state index is 9.47. The summed E-state index contributed by atoms with van der Waals surface area (Å²) in [6.07, 6.45) is -0.836. The standard InChI is InChI=1S/C6H18N3O6P3/c1-12-16(5-10)7-17(6-11,13-2)9-18(8-16,14-3)15-4/h10-11H,5-6H2,1-4H3. The Kier molecular flexibility index (Phi) is 5.75. The summed E-state index contributed by atoms with van der Waals surface area (Å²) in [5.41, 5.74) is 0. The third-order valence-electron chi connectivity index (χ3n) is 2.21. The molecule has 0 spiro atoms. The fourth-order valence-electron chi connectivity index (χ4n) is 1.22. The van der Waals surface area contributed by atoms with E-state index >= 15 is 0 Å². The summed E-state index contributed by atoms with van der Waals surface area (Å²) in [4.78, 5) is 0. The first-order valence-electron chi connectivity index (χ1n) is 4.83. The summed E-state index contributed by atoms with van der Waals surface area (Å²) in [7, 11) is -3.21. The first kappa shape index (κ1) is 16.5. The van der Waals surface area contributed by atoms with E-state index < -0.39 is 35.2 Å². The first-order chi connectivity index (χ1) is 8.49. The average Bonchev–Trinajstić information content (AvgIpc) is 2.46. The molecule has 2 atom stereocenters. The second-order valence-corrected chi connectivity index (χ2v) is 10.9. The van der Waals surface area contributed by atoms with Crippen molar-refractivity contribution in [1.82, 2.24) is 0 Å². The molecule has 1 heterocycles. The zero-order chi connectivity index (χ0) is 13.9. The van der Waals surface area contributed by atoms with Crippen LogP contribution in [-0.2, 0) is 18.1 Å². The van der Waals surface area contributed by atoms with Crippen molar-refractivity contribution in [2.75, 3.05) is 41.1 Å². The van der Waals surface area contributed by atoms with Crippen molar-refractivity contribution in [3.63, 3.8) is 0 Å². The highest BCUT2D eigenvalue weighted by Crippen LogP contribution is 2.78. The van der Waals surface area contributed by atoms with Gasteiger partial charge < -0.3 is 28.3 Å². The molecule has 1 rings (SSSR count). The number of aliphatic hydroxyl groups excluding tert-OH is 2. The van der Waals surface area contributed by atoms with E-state index in [0.29, 0.717) is 0 Å². The summed E-state index contributed by atoms with van der Waals surface area (Å²) in [6, 6.07) is 0. The molecule has 18 heavy (non-hydrogen) atoms. The topological polar surface area (TPSA) is 114 Å². The zero-order valence-corrected chi connectivity index (χ0v) is 13.3. The molecule has 0 aromatic heterocycles. The molecule has 0 bridgehead atoms. The number of nitrogens with zero attached hydrogens (tertiary/aromatic N) is 3. The molecule has 12 heteroatoms. The Bertz CT molecular complexity index is 356. The van der Waals surface area contributed by atoms with E-state index in [0.717, 1.165) is 0 Å². The largest absolute Gasteiger partial charge is 0.386 e. The van der Waals surface area contributed by atoms with Crippen LogP contribution in [0.4, 0.5) is 0 Å². The van der Waals surface area contributed by atoms with Crippen LogP contribution in [0.3, 0.4) is 0 Å². The molecule has 9 nitrogen and oxygen atoms in total. The Balaban J connectivity index is 3.63. The van der Waals surface area contributed by atoms with E-state index in [1.54, 1.807) is 0 Å². The molecule has 108 valence electrons. The van der Waals surface area contributed by atoms with Gasteiger partial charge in [-0.1, -0.05) is 0 Å². The van der Waals surface area contributed by atoms with Crippen LogP contribution in [0.5, 0.6) is 0 Å². The van der Waals surface area contributed by atoms with E-state index in [1.165, 1.54) is 28.4 Å². The van der Waals surface area contributed by atoms with Crippen molar-refractivity contribution in [3.8, 4) is 0 Å². The van der Waals surface area contributed by atoms with Crippen LogP contribution in [0.15, 0.2) is 13.5 Å². The quantitative estimate of drug-likeness (QED) is 0.726. The van der Waals surface area contributed by atoms with Crippen molar-refractivity contribution >= 4 is 22.5 Å². The van der Waals surface area contributed by atoms with Gasteiger partial charge in [0.15, 0.2) is 0 Å². The van der Waals surface area contributed by atoms with Crippen LogP contribution in [0.25, 0.3) is 0 Å². The molecule has 0 aliphatic carbocycles. The molecule has 1 aliphatic heterocycles. The van der Waals surface area contributed by atoms with Crippen molar-refractivity contribution in [1.29, 1.82) is 0 Å². The third kappa shape index (κ3) is 2.96. The zero-order valence-electron chi connectivity index (χ0n) is 10.6. The number of hydrogen-bond acceptors (Lipinski definition) is 9. The van der Waals surface area contributed by atoms with Gasteiger partial charge in [-0.25, -0.2) is 0 Å². The molecule has 0 aromatic carbocycles. The fraction of sp³-hybridized carbons (Fsp3) is 1.00. The average molecular weight is 321 g/mol. The monoisotopic (exact) mass is 321 g/mol. The SMILES string of the molecule is COP1(CO)=NP(CO)(OC)=NP(OC)(OC)=N1. The molecule has 2 unspecified atom stereocenters. The van der Waals surface area contributed by atoms with E-state index in [2.05, 4.69) is 13.5 Å². The van der Waals surface area contributed by atoms with Gasteiger partial charge in [0.2, 0.25) is 14.9 Å². The van der Waals surface area contributed by atoms with Crippen LogP contribution in [0, 0.1) is 0 Å². The molecule has 0 aromatic rings. The lowest BCUT2D eigenvalue weighted by Gasteiger charge is -2.30. The van der Waals surface area contributed by atoms with Crippen LogP contribution in [0.2, 0.25) is 0 Å². The minimum absolute atomic E-state index is 0.418. The molecular formula is C6H18N3O6P3. The molecule has 2 N–H and O–H groups in total. The first-order valence-corrected chi connectivity index (χ1v) is 9.95. The van der Waals surface area contributed by atoms with E-state index in [9.17, 15) is 10.2 Å². The normalized spacial score (nSPS) is 34.3. The van der Waals surface area contributed by atoms with Gasteiger partial charge in [0.1, 0.15) is 12.7 Å². The summed E-state index contributed by atoms with van der Waals surface area (Å²) < 4.78 is 33.5. The van der Waals surface area contributed by atoms with Gasteiger partial charge in [-0.05, 0) is 0 Å². The highest BCUT2D eigenvalue weighted by molar-refractivity contribution is 7.81. The van der Waals surface area contributed by atoms with Crippen molar-refractivity contribution in [2.45, 2.75) is 0 Å². The second-order valence-electron chi connectivity index (χ2n) is 3.10. The molecule has 0 saturated heterocycles. The van der Waals surface area contributed by atoms with E-state index in [4.69, 9.17) is 18.1 Å². The fourth-order valence-corrected chi connectivity index (χ4v) is 10.8. The summed E-state index contributed by atoms with van der Waals surface area (Å²) in [5, 5.41) is 18.9. The molecule has 0 radical (unpaired) electrons. The van der Waals surface area contributed by atoms with Gasteiger partial charge in [-0.2, -0.15) is 13.5 Å². The Morgan fingerprint density at radius 1 is 0.722 bits per heavy atom. The van der Waals surface area contributed by atoms with Crippen molar-refractivity contribution < 1.29 is 28.3 Å². The lowest BCUT2D eigenvalue weighted by atomic mass is 11.7.